The molecule has 1 atom stereocenters. The maximum atomic E-state index is 11.1. The van der Waals surface area contributed by atoms with Crippen LogP contribution in [0.3, 0.4) is 0 Å². The number of nitrogens with one attached hydrogen (secondary N) is 1. The molecule has 1 aliphatic heterocycles. The summed E-state index contributed by atoms with van der Waals surface area (Å²) >= 11 is 6.01. The van der Waals surface area contributed by atoms with Crippen LogP contribution in [0.1, 0.15) is 16.8 Å². The molecule has 2 rings (SSSR count). The summed E-state index contributed by atoms with van der Waals surface area (Å²) in [6.45, 7) is 1.23. The fourth-order valence-electron chi connectivity index (χ4n) is 1.80. The van der Waals surface area contributed by atoms with Gasteiger partial charge >= 0.3 is 5.97 Å². The summed E-state index contributed by atoms with van der Waals surface area (Å²) in [5.74, 6) is -1.05. The van der Waals surface area contributed by atoms with Crippen molar-refractivity contribution in [2.24, 2.45) is 0 Å². The lowest BCUT2D eigenvalue weighted by Crippen LogP contribution is -2.21. The number of nitrogens with two attached hydrogens (primary N) is 1. The molecule has 4 N–H and O–H groups in total. The molecule has 0 aromatic heterocycles. The van der Waals surface area contributed by atoms with Crippen LogP contribution in [0.2, 0.25) is 5.02 Å². The Bertz CT molecular complexity index is 445. The number of benzene rings is 1. The van der Waals surface area contributed by atoms with Crippen LogP contribution in [0.4, 0.5) is 11.4 Å². The Labute approximate surface area is 104 Å². The highest BCUT2D eigenvalue weighted by molar-refractivity contribution is 6.34. The molecule has 1 aromatic rings. The first-order valence-electron chi connectivity index (χ1n) is 5.24. The zero-order valence-corrected chi connectivity index (χ0v) is 9.83. The molecule has 0 amide bonds. The van der Waals surface area contributed by atoms with Gasteiger partial charge in [0.05, 0.1) is 28.9 Å². The Morgan fingerprint density at radius 2 is 2.35 bits per heavy atom. The van der Waals surface area contributed by atoms with E-state index in [0.29, 0.717) is 29.6 Å². The van der Waals surface area contributed by atoms with Crippen LogP contribution in [0.15, 0.2) is 12.1 Å². The molecule has 1 aliphatic rings. The third-order valence-corrected chi connectivity index (χ3v) is 2.92. The maximum absolute atomic E-state index is 11.1. The molecule has 92 valence electrons. The lowest BCUT2D eigenvalue weighted by molar-refractivity contribution is 0.0698. The first-order chi connectivity index (χ1) is 8.08. The molecule has 1 unspecified atom stereocenters. The number of carbonyl (C=O) groups is 1. The second-order valence-electron chi connectivity index (χ2n) is 3.94. The molecule has 6 heteroatoms. The van der Waals surface area contributed by atoms with E-state index in [0.717, 1.165) is 6.42 Å². The van der Waals surface area contributed by atoms with Gasteiger partial charge in [0.2, 0.25) is 0 Å². The number of hydrogen-bond donors (Lipinski definition) is 3. The van der Waals surface area contributed by atoms with Crippen LogP contribution >= 0.6 is 11.6 Å². The summed E-state index contributed by atoms with van der Waals surface area (Å²) in [4.78, 5) is 11.1. The lowest BCUT2D eigenvalue weighted by Gasteiger charge is -2.16. The van der Waals surface area contributed by atoms with Crippen LogP contribution in [0.25, 0.3) is 0 Å². The fraction of sp³-hybridized carbons (Fsp3) is 0.364. The number of carboxylic acid groups (broad SMARTS) is 1. The van der Waals surface area contributed by atoms with Crippen LogP contribution in [-0.4, -0.2) is 30.3 Å². The number of anilines is 2. The van der Waals surface area contributed by atoms with Gasteiger partial charge in [-0.3, -0.25) is 0 Å². The predicted octanol–water partition coefficient (Wildman–Crippen LogP) is 1.82. The van der Waals surface area contributed by atoms with E-state index in [1.807, 2.05) is 0 Å². The summed E-state index contributed by atoms with van der Waals surface area (Å²) < 4.78 is 5.22. The third kappa shape index (κ3) is 2.62. The Hall–Kier alpha value is -1.46. The normalized spacial score (nSPS) is 19.2. The van der Waals surface area contributed by atoms with Gasteiger partial charge in [0.15, 0.2) is 0 Å². The van der Waals surface area contributed by atoms with Crippen molar-refractivity contribution in [1.82, 2.24) is 0 Å². The second kappa shape index (κ2) is 4.81. The second-order valence-corrected chi connectivity index (χ2v) is 4.34. The average molecular weight is 257 g/mol. The Morgan fingerprint density at radius 1 is 1.59 bits per heavy atom. The van der Waals surface area contributed by atoms with Crippen molar-refractivity contribution in [3.63, 3.8) is 0 Å². The minimum absolute atomic E-state index is 0.0851. The summed E-state index contributed by atoms with van der Waals surface area (Å²) in [5, 5.41) is 12.5. The van der Waals surface area contributed by atoms with Crippen molar-refractivity contribution < 1.29 is 14.6 Å². The molecule has 1 aromatic carbocycles. The summed E-state index contributed by atoms with van der Waals surface area (Å²) in [7, 11) is 0. The van der Waals surface area contributed by atoms with Crippen LogP contribution in [0.5, 0.6) is 0 Å². The van der Waals surface area contributed by atoms with E-state index in [-0.39, 0.29) is 11.6 Å². The van der Waals surface area contributed by atoms with Crippen molar-refractivity contribution in [3.05, 3.63) is 22.7 Å². The molecule has 0 saturated carbocycles. The van der Waals surface area contributed by atoms with Crippen molar-refractivity contribution in [2.45, 2.75) is 12.5 Å². The highest BCUT2D eigenvalue weighted by Crippen LogP contribution is 2.30. The van der Waals surface area contributed by atoms with Gasteiger partial charge in [-0.1, -0.05) is 11.6 Å². The van der Waals surface area contributed by atoms with Gasteiger partial charge in [-0.25, -0.2) is 4.79 Å². The zero-order valence-electron chi connectivity index (χ0n) is 9.07. The van der Waals surface area contributed by atoms with Gasteiger partial charge in [-0.15, -0.1) is 0 Å². The molecule has 1 fully saturated rings. The van der Waals surface area contributed by atoms with E-state index in [1.165, 1.54) is 12.1 Å². The fourth-order valence-corrected chi connectivity index (χ4v) is 2.08. The van der Waals surface area contributed by atoms with E-state index >= 15 is 0 Å². The van der Waals surface area contributed by atoms with Gasteiger partial charge in [-0.05, 0) is 18.6 Å². The number of rotatable bonds is 3. The van der Waals surface area contributed by atoms with Crippen molar-refractivity contribution in [1.29, 1.82) is 0 Å². The molecule has 0 spiro atoms. The van der Waals surface area contributed by atoms with E-state index in [9.17, 15) is 4.79 Å². The SMILES string of the molecule is Nc1cc(Cl)c(NC2CCOC2)c(C(=O)O)c1. The van der Waals surface area contributed by atoms with Crippen LogP contribution < -0.4 is 11.1 Å². The van der Waals surface area contributed by atoms with Crippen LogP contribution in [0, 0.1) is 0 Å². The quantitative estimate of drug-likeness (QED) is 0.719. The van der Waals surface area contributed by atoms with Crippen molar-refractivity contribution in [3.8, 4) is 0 Å². The van der Waals surface area contributed by atoms with Crippen molar-refractivity contribution in [2.75, 3.05) is 24.3 Å². The minimum Gasteiger partial charge on any atom is -0.478 e. The number of hydrogen-bond acceptors (Lipinski definition) is 4. The Balaban J connectivity index is 2.33. The van der Waals surface area contributed by atoms with Crippen molar-refractivity contribution >= 4 is 28.9 Å². The molecule has 1 heterocycles. The molecule has 0 aliphatic carbocycles. The lowest BCUT2D eigenvalue weighted by atomic mass is 10.1. The van der Waals surface area contributed by atoms with E-state index in [2.05, 4.69) is 5.32 Å². The molecule has 5 nitrogen and oxygen atoms in total. The monoisotopic (exact) mass is 256 g/mol. The highest BCUT2D eigenvalue weighted by Gasteiger charge is 2.21. The van der Waals surface area contributed by atoms with E-state index in [4.69, 9.17) is 27.2 Å². The molecule has 0 bridgehead atoms. The van der Waals surface area contributed by atoms with Crippen LogP contribution in [-0.2, 0) is 4.74 Å². The van der Waals surface area contributed by atoms with Gasteiger partial charge in [-0.2, -0.15) is 0 Å². The molecular formula is C11H13ClN2O3. The van der Waals surface area contributed by atoms with Gasteiger partial charge < -0.3 is 20.9 Å². The number of nitrogen functional groups attached to an aromatic ring is 1. The van der Waals surface area contributed by atoms with Gasteiger partial charge in [0.1, 0.15) is 0 Å². The molecular weight excluding hydrogens is 244 g/mol. The van der Waals surface area contributed by atoms with E-state index < -0.39 is 5.97 Å². The average Bonchev–Trinajstić information content (AvgIpc) is 2.74. The third-order valence-electron chi connectivity index (χ3n) is 2.62. The summed E-state index contributed by atoms with van der Waals surface area (Å²) in [6.07, 6.45) is 0.833. The first-order valence-corrected chi connectivity index (χ1v) is 5.62. The zero-order chi connectivity index (χ0) is 12.4. The molecule has 1 saturated heterocycles. The number of halogens is 1. The number of carboxylic acids is 1. The number of ether oxygens (including phenoxy) is 1. The van der Waals surface area contributed by atoms with Gasteiger partial charge in [0.25, 0.3) is 0 Å². The maximum Gasteiger partial charge on any atom is 0.337 e. The largest absolute Gasteiger partial charge is 0.478 e. The van der Waals surface area contributed by atoms with E-state index in [1.54, 1.807) is 0 Å². The predicted molar refractivity (Wildman–Crippen MR) is 65.7 cm³/mol. The summed E-state index contributed by atoms with van der Waals surface area (Å²) in [5.41, 5.74) is 6.40. The molecule has 0 radical (unpaired) electrons. The van der Waals surface area contributed by atoms with Gasteiger partial charge in [0, 0.05) is 12.3 Å². The first kappa shape index (κ1) is 12.0. The standard InChI is InChI=1S/C11H13ClN2O3/c12-9-4-6(13)3-8(11(15)16)10(9)14-7-1-2-17-5-7/h3-4,7,14H,1-2,5,13H2,(H,15,16). The highest BCUT2D eigenvalue weighted by atomic mass is 35.5. The smallest absolute Gasteiger partial charge is 0.337 e. The number of aromatic carboxylic acids is 1. The molecule has 17 heavy (non-hydrogen) atoms. The Kier molecular flexibility index (Phi) is 3.40. The minimum atomic E-state index is -1.05. The summed E-state index contributed by atoms with van der Waals surface area (Å²) in [6, 6.07) is 3.02. The Morgan fingerprint density at radius 3 is 2.94 bits per heavy atom. The topological polar surface area (TPSA) is 84.6 Å².